The van der Waals surface area contributed by atoms with Crippen molar-refractivity contribution < 1.29 is 0 Å². The van der Waals surface area contributed by atoms with Gasteiger partial charge in [0.05, 0.1) is 28.1 Å². The summed E-state index contributed by atoms with van der Waals surface area (Å²) in [6, 6.07) is 42.5. The van der Waals surface area contributed by atoms with Gasteiger partial charge < -0.3 is 9.13 Å². The third-order valence-electron chi connectivity index (χ3n) is 12.2. The number of fused-ring (bicyclic) bond motifs is 6. The fraction of sp³-hybridized carbons (Fsp3) is 0.154. The minimum Gasteiger partial charge on any atom is -0.313 e. The number of hydrogen-bond acceptors (Lipinski definition) is 2. The molecule has 11 rings (SSSR count). The number of rotatable bonds is 6. The highest BCUT2D eigenvalue weighted by Crippen LogP contribution is 2.40. The Morgan fingerprint density at radius 3 is 2.12 bits per heavy atom. The lowest BCUT2D eigenvalue weighted by atomic mass is 9.85. The fourth-order valence-corrected chi connectivity index (χ4v) is 9.38. The van der Waals surface area contributed by atoms with Gasteiger partial charge in [0.2, 0.25) is 0 Å². The number of benzene rings is 5. The first-order valence-corrected chi connectivity index (χ1v) is 20.2. The van der Waals surface area contributed by atoms with E-state index in [0.717, 1.165) is 44.4 Å². The highest BCUT2D eigenvalue weighted by atomic mass is 15.0. The maximum atomic E-state index is 5.27. The molecule has 2 aromatic heterocycles. The monoisotopic (exact) mass is 722 g/mol. The van der Waals surface area contributed by atoms with Gasteiger partial charge in [-0.15, -0.1) is 0 Å². The number of para-hydroxylation sites is 3. The molecular weight excluding hydrogens is 681 g/mol. The van der Waals surface area contributed by atoms with Crippen LogP contribution < -0.4 is 0 Å². The van der Waals surface area contributed by atoms with E-state index in [1.165, 1.54) is 83.0 Å². The van der Waals surface area contributed by atoms with Crippen LogP contribution in [0, 0.1) is 5.92 Å². The molecule has 2 atom stereocenters. The van der Waals surface area contributed by atoms with Crippen LogP contribution in [0.5, 0.6) is 0 Å². The average Bonchev–Trinajstić information content (AvgIpc) is 3.79. The van der Waals surface area contributed by atoms with Crippen molar-refractivity contribution in [3.05, 3.63) is 181 Å². The van der Waals surface area contributed by atoms with Crippen molar-refractivity contribution in [1.29, 1.82) is 0 Å². The van der Waals surface area contributed by atoms with E-state index in [4.69, 9.17) is 9.98 Å². The third-order valence-corrected chi connectivity index (χ3v) is 12.2. The molecule has 7 aromatic rings. The SMILES string of the molecule is C1=CCC(C2CC(C3=CC=C(n4c5ccccc5c5ccc(-c6ccc7c(c6)c6ccccc6n7-c6ccccc6)cc54)CC3)=NC(C3=CCCC=C3)=N2)C=C1. The molecule has 4 aliphatic rings. The summed E-state index contributed by atoms with van der Waals surface area (Å²) in [6.07, 6.45) is 26.4. The van der Waals surface area contributed by atoms with Gasteiger partial charge in [-0.25, -0.2) is 4.99 Å². The van der Waals surface area contributed by atoms with Crippen LogP contribution in [-0.2, 0) is 0 Å². The molecule has 0 amide bonds. The van der Waals surface area contributed by atoms with E-state index in [1.54, 1.807) is 0 Å². The summed E-state index contributed by atoms with van der Waals surface area (Å²) in [4.78, 5) is 10.5. The molecule has 4 nitrogen and oxygen atoms in total. The number of allylic oxidation sites excluding steroid dienone is 9. The zero-order chi connectivity index (χ0) is 37.0. The maximum Gasteiger partial charge on any atom is 0.154 e. The van der Waals surface area contributed by atoms with Gasteiger partial charge in [-0.3, -0.25) is 4.99 Å². The van der Waals surface area contributed by atoms with Crippen molar-refractivity contribution in [2.75, 3.05) is 0 Å². The summed E-state index contributed by atoms with van der Waals surface area (Å²) in [5, 5.41) is 5.10. The Morgan fingerprint density at radius 2 is 1.34 bits per heavy atom. The molecule has 5 aromatic carbocycles. The fourth-order valence-electron chi connectivity index (χ4n) is 9.38. The summed E-state index contributed by atoms with van der Waals surface area (Å²) in [6.45, 7) is 0. The van der Waals surface area contributed by atoms with Gasteiger partial charge in [0.15, 0.2) is 5.84 Å². The van der Waals surface area contributed by atoms with E-state index in [2.05, 4.69) is 179 Å². The van der Waals surface area contributed by atoms with Crippen LogP contribution in [-0.4, -0.2) is 26.7 Å². The van der Waals surface area contributed by atoms with Crippen LogP contribution in [0.4, 0.5) is 0 Å². The summed E-state index contributed by atoms with van der Waals surface area (Å²) >= 11 is 0. The van der Waals surface area contributed by atoms with Crippen LogP contribution in [0.2, 0.25) is 0 Å². The second-order valence-electron chi connectivity index (χ2n) is 15.5. The van der Waals surface area contributed by atoms with Crippen LogP contribution in [0.25, 0.3) is 66.1 Å². The first-order valence-electron chi connectivity index (χ1n) is 20.2. The molecule has 1 aliphatic heterocycles. The molecule has 0 spiro atoms. The Bertz CT molecular complexity index is 2970. The van der Waals surface area contributed by atoms with Gasteiger partial charge in [-0.05, 0) is 97.3 Å². The molecule has 0 bridgehead atoms. The highest BCUT2D eigenvalue weighted by molar-refractivity contribution is 6.16. The number of nitrogens with zero attached hydrogens (tertiary/aromatic N) is 4. The van der Waals surface area contributed by atoms with Gasteiger partial charge in [0.1, 0.15) is 0 Å². The molecule has 0 saturated heterocycles. The standard InChI is InChI=1S/C52H42N4/c1-4-14-35(15-5-1)46-34-47(54-52(53-46)37-16-6-2-7-17-37)36-24-28-41(29-25-36)56-48-22-12-10-20-42(48)44-30-26-39(33-51(44)56)38-27-31-50-45(32-38)43-21-11-13-23-49(43)55(50)40-18-8-3-9-19-40/h1,3-6,8-14,16-24,26-28,30-33,35,46H,2,7,15,25,29,34H2. The van der Waals surface area contributed by atoms with Gasteiger partial charge in [0.25, 0.3) is 0 Å². The Morgan fingerprint density at radius 1 is 0.589 bits per heavy atom. The van der Waals surface area contributed by atoms with Crippen molar-refractivity contribution in [3.63, 3.8) is 0 Å². The van der Waals surface area contributed by atoms with E-state index in [1.807, 2.05) is 0 Å². The van der Waals surface area contributed by atoms with Crippen molar-refractivity contribution in [3.8, 4) is 16.8 Å². The second-order valence-corrected chi connectivity index (χ2v) is 15.5. The molecule has 3 aliphatic carbocycles. The predicted octanol–water partition coefficient (Wildman–Crippen LogP) is 13.1. The molecule has 0 radical (unpaired) electrons. The number of hydrogen-bond donors (Lipinski definition) is 0. The number of amidine groups is 1. The molecule has 0 saturated carbocycles. The molecule has 0 N–H and O–H groups in total. The van der Waals surface area contributed by atoms with E-state index >= 15 is 0 Å². The van der Waals surface area contributed by atoms with Crippen molar-refractivity contribution in [2.24, 2.45) is 15.9 Å². The first kappa shape index (κ1) is 32.9. The minimum absolute atomic E-state index is 0.200. The summed E-state index contributed by atoms with van der Waals surface area (Å²) in [7, 11) is 0. The lowest BCUT2D eigenvalue weighted by Gasteiger charge is -2.28. The molecule has 4 heteroatoms. The lowest BCUT2D eigenvalue weighted by Crippen LogP contribution is -2.28. The highest BCUT2D eigenvalue weighted by Gasteiger charge is 2.28. The van der Waals surface area contributed by atoms with Crippen molar-refractivity contribution in [2.45, 2.75) is 44.6 Å². The molecule has 0 fully saturated rings. The zero-order valence-electron chi connectivity index (χ0n) is 31.4. The van der Waals surface area contributed by atoms with E-state index < -0.39 is 0 Å². The Labute approximate surface area is 327 Å². The first-order chi connectivity index (χ1) is 27.8. The Balaban J connectivity index is 0.993. The summed E-state index contributed by atoms with van der Waals surface area (Å²) in [5.74, 6) is 1.31. The van der Waals surface area contributed by atoms with Gasteiger partial charge in [-0.2, -0.15) is 0 Å². The summed E-state index contributed by atoms with van der Waals surface area (Å²) in [5.41, 5.74) is 13.6. The van der Waals surface area contributed by atoms with Gasteiger partial charge >= 0.3 is 0 Å². The Kier molecular flexibility index (Phi) is 8.01. The van der Waals surface area contributed by atoms with Gasteiger partial charge in [0, 0.05) is 56.6 Å². The van der Waals surface area contributed by atoms with Crippen LogP contribution in [0.3, 0.4) is 0 Å². The van der Waals surface area contributed by atoms with E-state index in [9.17, 15) is 0 Å². The molecule has 56 heavy (non-hydrogen) atoms. The smallest absolute Gasteiger partial charge is 0.154 e. The van der Waals surface area contributed by atoms with Crippen molar-refractivity contribution in [1.82, 2.24) is 9.13 Å². The molecule has 270 valence electrons. The third kappa shape index (κ3) is 5.59. The quantitative estimate of drug-likeness (QED) is 0.164. The maximum absolute atomic E-state index is 5.27. The predicted molar refractivity (Wildman–Crippen MR) is 237 cm³/mol. The van der Waals surface area contributed by atoms with Crippen molar-refractivity contribution >= 4 is 60.9 Å². The largest absolute Gasteiger partial charge is 0.313 e. The minimum atomic E-state index is 0.200. The van der Waals surface area contributed by atoms with Gasteiger partial charge in [-0.1, -0.05) is 121 Å². The molecule has 2 unspecified atom stereocenters. The normalized spacial score (nSPS) is 19.7. The Hall–Kier alpha value is -6.52. The van der Waals surface area contributed by atoms with Crippen LogP contribution in [0.1, 0.15) is 38.5 Å². The zero-order valence-corrected chi connectivity index (χ0v) is 31.4. The molecular formula is C52H42N4. The van der Waals surface area contributed by atoms with Crippen LogP contribution in [0.15, 0.2) is 191 Å². The second kappa shape index (κ2) is 13.6. The number of aliphatic imine (C=N–C) groups is 2. The molecule has 3 heterocycles. The number of aromatic nitrogens is 2. The summed E-state index contributed by atoms with van der Waals surface area (Å²) < 4.78 is 4.89. The lowest BCUT2D eigenvalue weighted by molar-refractivity contribution is 0.514. The average molecular weight is 723 g/mol. The van der Waals surface area contributed by atoms with E-state index in [0.29, 0.717) is 5.92 Å². The van der Waals surface area contributed by atoms with E-state index in [-0.39, 0.29) is 6.04 Å². The topological polar surface area (TPSA) is 34.6 Å². The van der Waals surface area contributed by atoms with Crippen LogP contribution >= 0.6 is 0 Å².